The number of hydrogen-bond donors (Lipinski definition) is 0. The van der Waals surface area contributed by atoms with Gasteiger partial charge in [0.1, 0.15) is 5.60 Å². The fraction of sp³-hybridized carbons (Fsp3) is 0.941. The molecule has 1 amide bonds. The molecule has 25 heavy (non-hydrogen) atoms. The lowest BCUT2D eigenvalue weighted by atomic mass is 9.76. The summed E-state index contributed by atoms with van der Waals surface area (Å²) in [6, 6.07) is 0. The summed E-state index contributed by atoms with van der Waals surface area (Å²) in [6.45, 7) is 12.9. The third kappa shape index (κ3) is 2.76. The van der Waals surface area contributed by atoms with Crippen LogP contribution in [0.4, 0.5) is 13.6 Å². The van der Waals surface area contributed by atoms with Crippen LogP contribution in [0.15, 0.2) is 0 Å². The Morgan fingerprint density at radius 2 is 1.68 bits per heavy atom. The number of hydrogen-bond acceptors (Lipinski definition) is 4. The lowest BCUT2D eigenvalue weighted by molar-refractivity contribution is 0.00578. The molecule has 2 saturated heterocycles. The summed E-state index contributed by atoms with van der Waals surface area (Å²) in [5.41, 5.74) is -3.23. The third-order valence-electron chi connectivity index (χ3n) is 6.06. The Bertz CT molecular complexity index is 574. The predicted molar refractivity (Wildman–Crippen MR) is 89.6 cm³/mol. The fourth-order valence-electron chi connectivity index (χ4n) is 3.84. The van der Waals surface area contributed by atoms with Gasteiger partial charge in [-0.2, -0.15) is 0 Å². The van der Waals surface area contributed by atoms with Crippen molar-refractivity contribution in [2.45, 2.75) is 83.4 Å². The number of rotatable bonds is 1. The normalized spacial score (nSPS) is 35.3. The first-order valence-corrected chi connectivity index (χ1v) is 8.84. The SMILES string of the molecule is CC(C)(C)OC(=O)N1CCC2(C1)C(B1OC(C)(C)C(C)(C)O1)C2(F)F. The van der Waals surface area contributed by atoms with Crippen molar-refractivity contribution in [2.24, 2.45) is 5.41 Å². The zero-order chi connectivity index (χ0) is 19.1. The molecule has 0 radical (unpaired) electrons. The van der Waals surface area contributed by atoms with Gasteiger partial charge < -0.3 is 18.9 Å². The second-order valence-electron chi connectivity index (χ2n) is 9.53. The van der Waals surface area contributed by atoms with Crippen LogP contribution in [0.25, 0.3) is 0 Å². The molecular weight excluding hydrogens is 331 g/mol. The molecule has 5 nitrogen and oxygen atoms in total. The van der Waals surface area contributed by atoms with E-state index in [1.54, 1.807) is 20.8 Å². The summed E-state index contributed by atoms with van der Waals surface area (Å²) in [5, 5.41) is 0. The molecule has 142 valence electrons. The minimum atomic E-state index is -2.91. The van der Waals surface area contributed by atoms with E-state index in [0.717, 1.165) is 0 Å². The van der Waals surface area contributed by atoms with Gasteiger partial charge in [0, 0.05) is 13.1 Å². The van der Waals surface area contributed by atoms with E-state index in [4.69, 9.17) is 14.0 Å². The van der Waals surface area contributed by atoms with Crippen molar-refractivity contribution in [2.75, 3.05) is 13.1 Å². The molecule has 2 atom stereocenters. The summed E-state index contributed by atoms with van der Waals surface area (Å²) < 4.78 is 46.5. The molecule has 0 bridgehead atoms. The van der Waals surface area contributed by atoms with Gasteiger partial charge in [0.2, 0.25) is 0 Å². The highest BCUT2D eigenvalue weighted by Crippen LogP contribution is 2.76. The summed E-state index contributed by atoms with van der Waals surface area (Å²) >= 11 is 0. The van der Waals surface area contributed by atoms with Crippen LogP contribution >= 0.6 is 0 Å². The standard InChI is InChI=1S/C17H28BF2NO4/c1-13(2,3)23-12(22)21-9-8-16(10-21)11(17(16,19)20)18-24-14(4,5)15(6,7)25-18/h11H,8-10H2,1-7H3. The summed E-state index contributed by atoms with van der Waals surface area (Å²) in [7, 11) is -0.960. The van der Waals surface area contributed by atoms with Crippen LogP contribution in [-0.2, 0) is 14.0 Å². The topological polar surface area (TPSA) is 48.0 Å². The monoisotopic (exact) mass is 359 g/mol. The second-order valence-corrected chi connectivity index (χ2v) is 9.53. The van der Waals surface area contributed by atoms with E-state index >= 15 is 0 Å². The number of ether oxygens (including phenoxy) is 1. The molecular formula is C17H28BF2NO4. The van der Waals surface area contributed by atoms with E-state index in [1.165, 1.54) is 4.90 Å². The Morgan fingerprint density at radius 1 is 1.16 bits per heavy atom. The fourth-order valence-corrected chi connectivity index (χ4v) is 3.84. The number of likely N-dealkylation sites (tertiary alicyclic amines) is 1. The Kier molecular flexibility index (Phi) is 3.85. The molecule has 8 heteroatoms. The van der Waals surface area contributed by atoms with Gasteiger partial charge in [-0.3, -0.25) is 0 Å². The highest BCUT2D eigenvalue weighted by atomic mass is 19.3. The first kappa shape index (κ1) is 18.9. The molecule has 3 rings (SSSR count). The third-order valence-corrected chi connectivity index (χ3v) is 6.06. The highest BCUT2D eigenvalue weighted by Gasteiger charge is 2.87. The lowest BCUT2D eigenvalue weighted by Crippen LogP contribution is -2.41. The quantitative estimate of drug-likeness (QED) is 0.670. The average Bonchev–Trinajstić information content (AvgIpc) is 2.70. The maximum Gasteiger partial charge on any atom is 0.468 e. The van der Waals surface area contributed by atoms with Crippen molar-refractivity contribution in [3.8, 4) is 0 Å². The second kappa shape index (κ2) is 5.09. The van der Waals surface area contributed by atoms with E-state index < -0.39 is 47.2 Å². The van der Waals surface area contributed by atoms with Gasteiger partial charge in [0.05, 0.1) is 22.4 Å². The van der Waals surface area contributed by atoms with Crippen molar-refractivity contribution in [1.29, 1.82) is 0 Å². The van der Waals surface area contributed by atoms with Crippen molar-refractivity contribution < 1.29 is 27.6 Å². The van der Waals surface area contributed by atoms with Crippen molar-refractivity contribution in [3.63, 3.8) is 0 Å². The first-order chi connectivity index (χ1) is 11.1. The Labute approximate surface area is 148 Å². The molecule has 0 aromatic heterocycles. The van der Waals surface area contributed by atoms with Crippen LogP contribution < -0.4 is 0 Å². The van der Waals surface area contributed by atoms with E-state index in [2.05, 4.69) is 0 Å². The van der Waals surface area contributed by atoms with Crippen LogP contribution in [0.5, 0.6) is 0 Å². The van der Waals surface area contributed by atoms with Gasteiger partial charge in [-0.05, 0) is 54.9 Å². The van der Waals surface area contributed by atoms with Gasteiger partial charge in [0.15, 0.2) is 0 Å². The van der Waals surface area contributed by atoms with E-state index in [9.17, 15) is 13.6 Å². The van der Waals surface area contributed by atoms with Gasteiger partial charge in [-0.1, -0.05) is 0 Å². The zero-order valence-corrected chi connectivity index (χ0v) is 16.1. The van der Waals surface area contributed by atoms with Crippen LogP contribution in [-0.4, -0.2) is 53.9 Å². The maximum atomic E-state index is 14.7. The largest absolute Gasteiger partial charge is 0.468 e. The number of carbonyl (C=O) groups excluding carboxylic acids is 1. The first-order valence-electron chi connectivity index (χ1n) is 8.84. The highest BCUT2D eigenvalue weighted by molar-refractivity contribution is 6.49. The predicted octanol–water partition coefficient (Wildman–Crippen LogP) is 3.72. The van der Waals surface area contributed by atoms with Crippen LogP contribution in [0.1, 0.15) is 54.9 Å². The smallest absolute Gasteiger partial charge is 0.444 e. The van der Waals surface area contributed by atoms with E-state index in [0.29, 0.717) is 0 Å². The molecule has 2 unspecified atom stereocenters. The van der Waals surface area contributed by atoms with Crippen molar-refractivity contribution in [1.82, 2.24) is 4.90 Å². The molecule has 1 spiro atoms. The number of halogens is 2. The van der Waals surface area contributed by atoms with Gasteiger partial charge >= 0.3 is 13.2 Å². The average molecular weight is 359 g/mol. The molecule has 3 aliphatic rings. The molecule has 1 saturated carbocycles. The van der Waals surface area contributed by atoms with E-state index in [1.807, 2.05) is 27.7 Å². The molecule has 2 heterocycles. The minimum absolute atomic E-state index is 0.0241. The van der Waals surface area contributed by atoms with Crippen molar-refractivity contribution in [3.05, 3.63) is 0 Å². The molecule has 2 aliphatic heterocycles. The summed E-state index contributed by atoms with van der Waals surface area (Å²) in [4.78, 5) is 13.6. The number of alkyl halides is 2. The van der Waals surface area contributed by atoms with Crippen LogP contribution in [0.2, 0.25) is 5.82 Å². The molecule has 0 aromatic rings. The minimum Gasteiger partial charge on any atom is -0.444 e. The molecule has 3 fully saturated rings. The van der Waals surface area contributed by atoms with Crippen molar-refractivity contribution >= 4 is 13.2 Å². The molecule has 0 N–H and O–H groups in total. The summed E-state index contributed by atoms with van der Waals surface area (Å²) in [6.07, 6.45) is -0.312. The van der Waals surface area contributed by atoms with Gasteiger partial charge in [-0.25, -0.2) is 13.6 Å². The molecule has 0 aromatic carbocycles. The lowest BCUT2D eigenvalue weighted by Gasteiger charge is -2.32. The summed E-state index contributed by atoms with van der Waals surface area (Å²) in [5.74, 6) is -3.95. The zero-order valence-electron chi connectivity index (χ0n) is 16.1. The van der Waals surface area contributed by atoms with E-state index in [-0.39, 0.29) is 19.5 Å². The van der Waals surface area contributed by atoms with Gasteiger partial charge in [-0.15, -0.1) is 0 Å². The Balaban J connectivity index is 1.73. The Morgan fingerprint density at radius 3 is 2.16 bits per heavy atom. The Hall–Kier alpha value is -0.885. The van der Waals surface area contributed by atoms with Gasteiger partial charge in [0.25, 0.3) is 5.92 Å². The number of nitrogens with zero attached hydrogens (tertiary/aromatic N) is 1. The number of amides is 1. The van der Waals surface area contributed by atoms with Crippen LogP contribution in [0, 0.1) is 5.41 Å². The number of carbonyl (C=O) groups is 1. The van der Waals surface area contributed by atoms with Crippen LogP contribution in [0.3, 0.4) is 0 Å². The maximum absolute atomic E-state index is 14.7. The molecule has 1 aliphatic carbocycles.